The molecule has 2 aromatic heterocycles. The number of aromatic nitrogens is 2. The van der Waals surface area contributed by atoms with Gasteiger partial charge in [0.1, 0.15) is 5.69 Å². The van der Waals surface area contributed by atoms with Gasteiger partial charge in [-0.1, -0.05) is 6.07 Å². The third-order valence-corrected chi connectivity index (χ3v) is 2.59. The Morgan fingerprint density at radius 2 is 2.13 bits per heavy atom. The second-order valence-corrected chi connectivity index (χ2v) is 3.55. The molecule has 0 saturated heterocycles. The smallest absolute Gasteiger partial charge is 0.257 e. The van der Waals surface area contributed by atoms with Crippen molar-refractivity contribution < 1.29 is 4.74 Å². The molecule has 2 heterocycles. The quantitative estimate of drug-likeness (QED) is 0.815. The van der Waals surface area contributed by atoms with Crippen LogP contribution in [0.1, 0.15) is 18.2 Å². The summed E-state index contributed by atoms with van der Waals surface area (Å²) in [7, 11) is 0. The number of anilines is 1. The van der Waals surface area contributed by atoms with Gasteiger partial charge in [0.05, 0.1) is 12.1 Å². The normalized spacial score (nSPS) is 10.9. The number of hydrogen-bond donors (Lipinski definition) is 1. The predicted octanol–water partition coefficient (Wildman–Crippen LogP) is 1.93. The first kappa shape index (κ1) is 9.83. The van der Waals surface area contributed by atoms with Crippen LogP contribution >= 0.6 is 0 Å². The summed E-state index contributed by atoms with van der Waals surface area (Å²) in [4.78, 5) is 0. The van der Waals surface area contributed by atoms with E-state index in [0.29, 0.717) is 18.2 Å². The van der Waals surface area contributed by atoms with Gasteiger partial charge in [0.2, 0.25) is 0 Å². The van der Waals surface area contributed by atoms with E-state index < -0.39 is 0 Å². The van der Waals surface area contributed by atoms with E-state index in [1.54, 1.807) is 0 Å². The largest absolute Gasteiger partial charge is 0.475 e. The van der Waals surface area contributed by atoms with E-state index >= 15 is 0 Å². The molecule has 80 valence electrons. The molecule has 0 aromatic carbocycles. The number of nitrogens with zero attached hydrogens (tertiary/aromatic N) is 2. The van der Waals surface area contributed by atoms with E-state index in [4.69, 9.17) is 10.5 Å². The third-order valence-electron chi connectivity index (χ3n) is 2.59. The van der Waals surface area contributed by atoms with Crippen molar-refractivity contribution in [3.05, 3.63) is 23.4 Å². The fourth-order valence-corrected chi connectivity index (χ4v) is 1.57. The number of ether oxygens (including phenoxy) is 1. The van der Waals surface area contributed by atoms with Crippen molar-refractivity contribution in [3.63, 3.8) is 0 Å². The minimum absolute atomic E-state index is 0.520. The van der Waals surface area contributed by atoms with Gasteiger partial charge in [0, 0.05) is 5.69 Å². The number of rotatable bonds is 2. The maximum absolute atomic E-state index is 5.94. The van der Waals surface area contributed by atoms with Gasteiger partial charge < -0.3 is 10.5 Å². The summed E-state index contributed by atoms with van der Waals surface area (Å²) < 4.78 is 7.19. The molecule has 0 saturated carbocycles. The van der Waals surface area contributed by atoms with Crippen molar-refractivity contribution in [2.45, 2.75) is 20.8 Å². The summed E-state index contributed by atoms with van der Waals surface area (Å²) in [5, 5.41) is 4.33. The molecule has 0 fully saturated rings. The van der Waals surface area contributed by atoms with E-state index in [1.807, 2.05) is 37.4 Å². The Hall–Kier alpha value is -1.71. The van der Waals surface area contributed by atoms with Crippen LogP contribution in [0.3, 0.4) is 0 Å². The Bertz CT molecular complexity index is 502. The Labute approximate surface area is 88.7 Å². The molecule has 0 atom stereocenters. The lowest BCUT2D eigenvalue weighted by Gasteiger charge is -2.01. The number of nitrogen functional groups attached to an aromatic ring is 1. The summed E-state index contributed by atoms with van der Waals surface area (Å²) in [5.74, 6) is 0.520. The van der Waals surface area contributed by atoms with Gasteiger partial charge in [-0.2, -0.15) is 0 Å². The first-order valence-corrected chi connectivity index (χ1v) is 5.02. The number of nitrogens with two attached hydrogens (primary N) is 1. The van der Waals surface area contributed by atoms with Gasteiger partial charge in [-0.3, -0.25) is 0 Å². The molecule has 2 N–H and O–H groups in total. The Morgan fingerprint density at radius 1 is 1.40 bits per heavy atom. The molecular formula is C11H15N3O. The molecule has 0 aliphatic heterocycles. The second-order valence-electron chi connectivity index (χ2n) is 3.55. The highest BCUT2D eigenvalue weighted by atomic mass is 16.5. The lowest BCUT2D eigenvalue weighted by molar-refractivity contribution is 0.326. The van der Waals surface area contributed by atoms with E-state index in [2.05, 4.69) is 5.10 Å². The molecule has 15 heavy (non-hydrogen) atoms. The molecule has 0 unspecified atom stereocenters. The molecule has 0 amide bonds. The van der Waals surface area contributed by atoms with Crippen molar-refractivity contribution in [1.82, 2.24) is 9.61 Å². The van der Waals surface area contributed by atoms with Crippen LogP contribution in [0, 0.1) is 13.8 Å². The monoisotopic (exact) mass is 205 g/mol. The molecule has 0 aliphatic rings. The van der Waals surface area contributed by atoms with Crippen LogP contribution in [-0.4, -0.2) is 16.2 Å². The molecule has 0 spiro atoms. The van der Waals surface area contributed by atoms with Gasteiger partial charge in [-0.25, -0.2) is 4.52 Å². The SMILES string of the molecule is CCOc1nn2c(C)c(C)ccc2c1N. The van der Waals surface area contributed by atoms with Crippen LogP contribution in [0.5, 0.6) is 5.88 Å². The molecular weight excluding hydrogens is 190 g/mol. The number of fused-ring (bicyclic) bond motifs is 1. The van der Waals surface area contributed by atoms with E-state index in [0.717, 1.165) is 11.2 Å². The lowest BCUT2D eigenvalue weighted by Crippen LogP contribution is -1.97. The molecule has 2 aromatic rings. The Morgan fingerprint density at radius 3 is 2.80 bits per heavy atom. The van der Waals surface area contributed by atoms with Gasteiger partial charge in [0.25, 0.3) is 5.88 Å². The summed E-state index contributed by atoms with van der Waals surface area (Å²) in [6, 6.07) is 4.01. The second kappa shape index (κ2) is 3.46. The molecule has 0 bridgehead atoms. The number of aryl methyl sites for hydroxylation is 2. The average molecular weight is 205 g/mol. The van der Waals surface area contributed by atoms with Gasteiger partial charge in [0.15, 0.2) is 0 Å². The molecule has 2 rings (SSSR count). The zero-order valence-electron chi connectivity index (χ0n) is 9.24. The van der Waals surface area contributed by atoms with Crippen molar-refractivity contribution in [3.8, 4) is 5.88 Å². The van der Waals surface area contributed by atoms with Crippen LogP contribution in [0.25, 0.3) is 5.52 Å². The van der Waals surface area contributed by atoms with Crippen molar-refractivity contribution >= 4 is 11.2 Å². The van der Waals surface area contributed by atoms with Gasteiger partial charge >= 0.3 is 0 Å². The summed E-state index contributed by atoms with van der Waals surface area (Å²) in [5.41, 5.74) is 9.73. The summed E-state index contributed by atoms with van der Waals surface area (Å²) >= 11 is 0. The maximum atomic E-state index is 5.94. The number of hydrogen-bond acceptors (Lipinski definition) is 3. The highest BCUT2D eigenvalue weighted by Gasteiger charge is 2.12. The van der Waals surface area contributed by atoms with Crippen LogP contribution < -0.4 is 10.5 Å². The number of pyridine rings is 1. The van der Waals surface area contributed by atoms with Gasteiger partial charge in [-0.15, -0.1) is 5.10 Å². The minimum Gasteiger partial charge on any atom is -0.475 e. The van der Waals surface area contributed by atoms with Crippen molar-refractivity contribution in [1.29, 1.82) is 0 Å². The lowest BCUT2D eigenvalue weighted by atomic mass is 10.2. The minimum atomic E-state index is 0.520. The zero-order chi connectivity index (χ0) is 11.0. The first-order valence-electron chi connectivity index (χ1n) is 5.02. The zero-order valence-corrected chi connectivity index (χ0v) is 9.24. The van der Waals surface area contributed by atoms with Crippen LogP contribution in [0.4, 0.5) is 5.69 Å². The fourth-order valence-electron chi connectivity index (χ4n) is 1.57. The van der Waals surface area contributed by atoms with E-state index in [1.165, 1.54) is 5.56 Å². The van der Waals surface area contributed by atoms with E-state index in [9.17, 15) is 0 Å². The Balaban J connectivity index is 2.70. The maximum Gasteiger partial charge on any atom is 0.257 e. The molecule has 0 radical (unpaired) electrons. The van der Waals surface area contributed by atoms with Crippen LogP contribution in [0.2, 0.25) is 0 Å². The molecule has 4 heteroatoms. The highest BCUT2D eigenvalue weighted by molar-refractivity contribution is 5.75. The van der Waals surface area contributed by atoms with Crippen molar-refractivity contribution in [2.24, 2.45) is 0 Å². The molecule has 4 nitrogen and oxygen atoms in total. The Kier molecular flexibility index (Phi) is 2.26. The van der Waals surface area contributed by atoms with Gasteiger partial charge in [-0.05, 0) is 32.4 Å². The average Bonchev–Trinajstić information content (AvgIpc) is 2.52. The summed E-state index contributed by atoms with van der Waals surface area (Å²) in [6.45, 7) is 6.56. The first-order chi connectivity index (χ1) is 7.15. The highest BCUT2D eigenvalue weighted by Crippen LogP contribution is 2.26. The predicted molar refractivity (Wildman–Crippen MR) is 60.2 cm³/mol. The fraction of sp³-hybridized carbons (Fsp3) is 0.364. The van der Waals surface area contributed by atoms with Crippen LogP contribution in [-0.2, 0) is 0 Å². The third kappa shape index (κ3) is 1.42. The van der Waals surface area contributed by atoms with Crippen LogP contribution in [0.15, 0.2) is 12.1 Å². The summed E-state index contributed by atoms with van der Waals surface area (Å²) in [6.07, 6.45) is 0. The van der Waals surface area contributed by atoms with E-state index in [-0.39, 0.29) is 0 Å². The topological polar surface area (TPSA) is 52.5 Å². The standard InChI is InChI=1S/C11H15N3O/c1-4-15-11-10(12)9-6-5-7(2)8(3)14(9)13-11/h5-6H,4,12H2,1-3H3. The van der Waals surface area contributed by atoms with Crippen molar-refractivity contribution in [2.75, 3.05) is 12.3 Å². The molecule has 0 aliphatic carbocycles.